The van der Waals surface area contributed by atoms with Crippen LogP contribution in [0.25, 0.3) is 0 Å². The molecular formula is C18H38O2. The lowest BCUT2D eigenvalue weighted by Gasteiger charge is -2.09. The Balaban J connectivity index is 3.02. The minimum atomic E-state index is -0.0473. The minimum absolute atomic E-state index is 0.0473. The van der Waals surface area contributed by atoms with Gasteiger partial charge in [-0.2, -0.15) is 0 Å². The molecule has 0 fully saturated rings. The maximum Gasteiger partial charge on any atom is 0.0540 e. The van der Waals surface area contributed by atoms with Crippen molar-refractivity contribution in [2.24, 2.45) is 0 Å². The fourth-order valence-corrected chi connectivity index (χ4v) is 2.67. The number of aliphatic hydroxyl groups excluding tert-OH is 2. The van der Waals surface area contributed by atoms with Crippen molar-refractivity contribution in [3.05, 3.63) is 0 Å². The van der Waals surface area contributed by atoms with Crippen molar-refractivity contribution >= 4 is 0 Å². The van der Waals surface area contributed by atoms with Gasteiger partial charge in [0, 0.05) is 6.61 Å². The molecule has 0 saturated heterocycles. The summed E-state index contributed by atoms with van der Waals surface area (Å²) in [5.41, 5.74) is 0. The van der Waals surface area contributed by atoms with Gasteiger partial charge < -0.3 is 10.2 Å². The second-order valence-corrected chi connectivity index (χ2v) is 6.20. The monoisotopic (exact) mass is 286 g/mol. The predicted molar refractivity (Wildman–Crippen MR) is 88.0 cm³/mol. The Bertz CT molecular complexity index is 171. The Morgan fingerprint density at radius 3 is 1.45 bits per heavy atom. The quantitative estimate of drug-likeness (QED) is 0.382. The van der Waals surface area contributed by atoms with Crippen LogP contribution in [0.2, 0.25) is 0 Å². The van der Waals surface area contributed by atoms with Gasteiger partial charge in [0.2, 0.25) is 0 Å². The molecule has 0 amide bonds. The lowest BCUT2D eigenvalue weighted by atomic mass is 10.0. The van der Waals surface area contributed by atoms with Gasteiger partial charge in [-0.05, 0) is 19.3 Å². The van der Waals surface area contributed by atoms with Gasteiger partial charge in [0.05, 0.1) is 6.10 Å². The normalized spacial score (nSPS) is 12.8. The highest BCUT2D eigenvalue weighted by molar-refractivity contribution is 4.56. The lowest BCUT2D eigenvalue weighted by molar-refractivity contribution is 0.148. The first-order valence-corrected chi connectivity index (χ1v) is 9.10. The van der Waals surface area contributed by atoms with E-state index in [9.17, 15) is 5.11 Å². The first-order chi connectivity index (χ1) is 9.81. The Morgan fingerprint density at radius 1 is 0.600 bits per heavy atom. The van der Waals surface area contributed by atoms with Crippen LogP contribution in [0.3, 0.4) is 0 Å². The number of unbranched alkanes of at least 4 members (excludes halogenated alkanes) is 11. The second-order valence-electron chi connectivity index (χ2n) is 6.20. The molecule has 0 aromatic carbocycles. The third-order valence-electron chi connectivity index (χ3n) is 4.09. The third-order valence-corrected chi connectivity index (χ3v) is 4.09. The van der Waals surface area contributed by atoms with E-state index in [1.54, 1.807) is 0 Å². The molecule has 0 aliphatic carbocycles. The van der Waals surface area contributed by atoms with Crippen molar-refractivity contribution in [3.63, 3.8) is 0 Å². The summed E-state index contributed by atoms with van der Waals surface area (Å²) in [7, 11) is 0. The Hall–Kier alpha value is -0.0800. The lowest BCUT2D eigenvalue weighted by Crippen LogP contribution is -2.05. The average molecular weight is 286 g/mol. The smallest absolute Gasteiger partial charge is 0.0540 e. The average Bonchev–Trinajstić information content (AvgIpc) is 2.46. The summed E-state index contributed by atoms with van der Waals surface area (Å²) in [5, 5.41) is 18.4. The molecule has 20 heavy (non-hydrogen) atoms. The number of rotatable bonds is 16. The van der Waals surface area contributed by atoms with Crippen LogP contribution in [0, 0.1) is 0 Å². The fourth-order valence-electron chi connectivity index (χ4n) is 2.67. The summed E-state index contributed by atoms with van der Waals surface area (Å²) >= 11 is 0. The zero-order valence-electron chi connectivity index (χ0n) is 13.8. The molecule has 0 saturated carbocycles. The minimum Gasteiger partial charge on any atom is -0.396 e. The van der Waals surface area contributed by atoms with Crippen LogP contribution in [0.15, 0.2) is 0 Å². The second kappa shape index (κ2) is 17.0. The van der Waals surface area contributed by atoms with Crippen molar-refractivity contribution in [2.45, 2.75) is 109 Å². The zero-order valence-corrected chi connectivity index (χ0v) is 13.8. The summed E-state index contributed by atoms with van der Waals surface area (Å²) in [4.78, 5) is 0. The summed E-state index contributed by atoms with van der Waals surface area (Å²) in [6.07, 6.45) is 18.4. The van der Waals surface area contributed by atoms with Gasteiger partial charge in [-0.3, -0.25) is 0 Å². The van der Waals surface area contributed by atoms with Crippen molar-refractivity contribution in [1.82, 2.24) is 0 Å². The molecule has 0 bridgehead atoms. The zero-order chi connectivity index (χ0) is 14.9. The van der Waals surface area contributed by atoms with Crippen LogP contribution >= 0.6 is 0 Å². The maximum atomic E-state index is 9.73. The third kappa shape index (κ3) is 16.0. The molecule has 2 N–H and O–H groups in total. The molecule has 122 valence electrons. The van der Waals surface area contributed by atoms with Crippen molar-refractivity contribution in [3.8, 4) is 0 Å². The first-order valence-electron chi connectivity index (χ1n) is 9.10. The Kier molecular flexibility index (Phi) is 16.9. The SMILES string of the molecule is CCCCC(O)CCCCCCCCCCCCCO. The topological polar surface area (TPSA) is 40.5 Å². The maximum absolute atomic E-state index is 9.73. The summed E-state index contributed by atoms with van der Waals surface area (Å²) < 4.78 is 0. The summed E-state index contributed by atoms with van der Waals surface area (Å²) in [6.45, 7) is 2.53. The van der Waals surface area contributed by atoms with Gasteiger partial charge >= 0.3 is 0 Å². The van der Waals surface area contributed by atoms with Crippen LogP contribution in [-0.2, 0) is 0 Å². The Labute approximate surface area is 127 Å². The van der Waals surface area contributed by atoms with Crippen LogP contribution in [0.5, 0.6) is 0 Å². The van der Waals surface area contributed by atoms with E-state index < -0.39 is 0 Å². The van der Waals surface area contributed by atoms with Crippen LogP contribution in [0.4, 0.5) is 0 Å². The van der Waals surface area contributed by atoms with E-state index >= 15 is 0 Å². The van der Waals surface area contributed by atoms with E-state index in [1.807, 2.05) is 0 Å². The van der Waals surface area contributed by atoms with E-state index in [1.165, 1.54) is 77.0 Å². The molecule has 0 aromatic heterocycles. The highest BCUT2D eigenvalue weighted by atomic mass is 16.3. The van der Waals surface area contributed by atoms with Gasteiger partial charge in [-0.15, -0.1) is 0 Å². The standard InChI is InChI=1S/C18H38O2/c1-2-3-15-18(20)16-13-11-9-7-5-4-6-8-10-12-14-17-19/h18-20H,2-17H2,1H3. The molecule has 2 heteroatoms. The molecule has 1 unspecified atom stereocenters. The molecule has 0 spiro atoms. The van der Waals surface area contributed by atoms with Gasteiger partial charge in [0.25, 0.3) is 0 Å². The molecule has 2 nitrogen and oxygen atoms in total. The number of aliphatic hydroxyl groups is 2. The molecule has 0 aliphatic rings. The highest BCUT2D eigenvalue weighted by Crippen LogP contribution is 2.13. The first kappa shape index (κ1) is 19.9. The van der Waals surface area contributed by atoms with Crippen LogP contribution in [0.1, 0.15) is 103 Å². The summed E-state index contributed by atoms with van der Waals surface area (Å²) in [5.74, 6) is 0. The van der Waals surface area contributed by atoms with E-state index in [0.717, 1.165) is 19.3 Å². The highest BCUT2D eigenvalue weighted by Gasteiger charge is 2.02. The van der Waals surface area contributed by atoms with Gasteiger partial charge in [0.15, 0.2) is 0 Å². The fraction of sp³-hybridized carbons (Fsp3) is 1.00. The van der Waals surface area contributed by atoms with Crippen LogP contribution < -0.4 is 0 Å². The molecule has 0 radical (unpaired) electrons. The van der Waals surface area contributed by atoms with Gasteiger partial charge in [-0.25, -0.2) is 0 Å². The van der Waals surface area contributed by atoms with Crippen molar-refractivity contribution in [2.75, 3.05) is 6.61 Å². The van der Waals surface area contributed by atoms with E-state index in [2.05, 4.69) is 6.92 Å². The van der Waals surface area contributed by atoms with Gasteiger partial charge in [0.1, 0.15) is 0 Å². The van der Waals surface area contributed by atoms with E-state index in [4.69, 9.17) is 5.11 Å². The number of hydrogen-bond acceptors (Lipinski definition) is 2. The molecular weight excluding hydrogens is 248 g/mol. The van der Waals surface area contributed by atoms with E-state index in [0.29, 0.717) is 6.61 Å². The summed E-state index contributed by atoms with van der Waals surface area (Å²) in [6, 6.07) is 0. The van der Waals surface area contributed by atoms with Crippen molar-refractivity contribution < 1.29 is 10.2 Å². The largest absolute Gasteiger partial charge is 0.396 e. The molecule has 0 rings (SSSR count). The number of hydrogen-bond donors (Lipinski definition) is 2. The molecule has 0 heterocycles. The Morgan fingerprint density at radius 2 is 1.00 bits per heavy atom. The van der Waals surface area contributed by atoms with E-state index in [-0.39, 0.29) is 6.10 Å². The predicted octanol–water partition coefficient (Wildman–Crippen LogP) is 5.21. The molecule has 1 atom stereocenters. The molecule has 0 aliphatic heterocycles. The van der Waals surface area contributed by atoms with Crippen molar-refractivity contribution in [1.29, 1.82) is 0 Å². The van der Waals surface area contributed by atoms with Crippen LogP contribution in [-0.4, -0.2) is 22.9 Å². The molecule has 0 aromatic rings. The van der Waals surface area contributed by atoms with Gasteiger partial charge in [-0.1, -0.05) is 84.0 Å².